The monoisotopic (exact) mass is 325 g/mol. The molecule has 1 aromatic carbocycles. The molecule has 0 saturated heterocycles. The predicted octanol–water partition coefficient (Wildman–Crippen LogP) is 2.70. The van der Waals surface area contributed by atoms with Crippen LogP contribution in [0.4, 0.5) is 0 Å². The van der Waals surface area contributed by atoms with Gasteiger partial charge < -0.3 is 19.3 Å². The van der Waals surface area contributed by atoms with Crippen molar-refractivity contribution in [3.8, 4) is 11.5 Å². The summed E-state index contributed by atoms with van der Waals surface area (Å²) in [7, 11) is 3.29. The second kappa shape index (κ2) is 10.5. The van der Waals surface area contributed by atoms with E-state index in [0.29, 0.717) is 19.7 Å². The average molecular weight is 325 g/mol. The summed E-state index contributed by atoms with van der Waals surface area (Å²) in [4.78, 5) is 2.21. The SMILES string of the molecule is CCCN(Cc1cccc(OC)c1OC)C[C@H](O)COC(C)C. The lowest BCUT2D eigenvalue weighted by molar-refractivity contribution is -0.00956. The lowest BCUT2D eigenvalue weighted by Gasteiger charge is -2.26. The highest BCUT2D eigenvalue weighted by molar-refractivity contribution is 5.46. The van der Waals surface area contributed by atoms with E-state index in [1.54, 1.807) is 14.2 Å². The number of para-hydroxylation sites is 1. The maximum Gasteiger partial charge on any atom is 0.165 e. The zero-order valence-electron chi connectivity index (χ0n) is 15.0. The molecule has 132 valence electrons. The summed E-state index contributed by atoms with van der Waals surface area (Å²) < 4.78 is 16.3. The summed E-state index contributed by atoms with van der Waals surface area (Å²) >= 11 is 0. The van der Waals surface area contributed by atoms with Crippen molar-refractivity contribution >= 4 is 0 Å². The standard InChI is InChI=1S/C18H31NO4/c1-6-10-19(12-16(20)13-23-14(2)3)11-15-8-7-9-17(21-4)18(15)22-5/h7-9,14,16,20H,6,10-13H2,1-5H3/t16-/m0/s1. The van der Waals surface area contributed by atoms with E-state index in [2.05, 4.69) is 11.8 Å². The van der Waals surface area contributed by atoms with E-state index >= 15 is 0 Å². The molecule has 23 heavy (non-hydrogen) atoms. The number of aliphatic hydroxyl groups excluding tert-OH is 1. The quantitative estimate of drug-likeness (QED) is 0.678. The van der Waals surface area contributed by atoms with Crippen LogP contribution >= 0.6 is 0 Å². The van der Waals surface area contributed by atoms with Gasteiger partial charge in [0.2, 0.25) is 0 Å². The average Bonchev–Trinajstić information content (AvgIpc) is 2.52. The predicted molar refractivity (Wildman–Crippen MR) is 92.2 cm³/mol. The van der Waals surface area contributed by atoms with Crippen molar-refractivity contribution in [1.82, 2.24) is 4.90 Å². The van der Waals surface area contributed by atoms with Crippen molar-refractivity contribution in [3.05, 3.63) is 23.8 Å². The van der Waals surface area contributed by atoms with Gasteiger partial charge in [0.1, 0.15) is 0 Å². The van der Waals surface area contributed by atoms with Gasteiger partial charge in [0.25, 0.3) is 0 Å². The smallest absolute Gasteiger partial charge is 0.165 e. The number of hydrogen-bond donors (Lipinski definition) is 1. The molecule has 5 heteroatoms. The lowest BCUT2D eigenvalue weighted by atomic mass is 10.1. The molecule has 0 aliphatic heterocycles. The number of ether oxygens (including phenoxy) is 3. The van der Waals surface area contributed by atoms with E-state index in [-0.39, 0.29) is 6.10 Å². The van der Waals surface area contributed by atoms with Crippen LogP contribution in [0, 0.1) is 0 Å². The van der Waals surface area contributed by atoms with Crippen molar-refractivity contribution in [2.75, 3.05) is 33.9 Å². The molecule has 0 spiro atoms. The third-order valence-electron chi connectivity index (χ3n) is 3.51. The van der Waals surface area contributed by atoms with E-state index in [1.165, 1.54) is 0 Å². The number of rotatable bonds is 11. The van der Waals surface area contributed by atoms with E-state index in [0.717, 1.165) is 30.0 Å². The third kappa shape index (κ3) is 6.77. The second-order valence-corrected chi connectivity index (χ2v) is 5.92. The number of aliphatic hydroxyl groups is 1. The Hall–Kier alpha value is -1.30. The Balaban J connectivity index is 2.75. The van der Waals surface area contributed by atoms with E-state index < -0.39 is 6.10 Å². The van der Waals surface area contributed by atoms with Crippen LogP contribution in [0.1, 0.15) is 32.8 Å². The van der Waals surface area contributed by atoms with Gasteiger partial charge in [-0.2, -0.15) is 0 Å². The molecule has 0 radical (unpaired) electrons. The van der Waals surface area contributed by atoms with Crippen molar-refractivity contribution in [2.24, 2.45) is 0 Å². The van der Waals surface area contributed by atoms with Crippen LogP contribution in [-0.2, 0) is 11.3 Å². The minimum Gasteiger partial charge on any atom is -0.493 e. The molecular weight excluding hydrogens is 294 g/mol. The normalized spacial score (nSPS) is 12.7. The molecule has 5 nitrogen and oxygen atoms in total. The second-order valence-electron chi connectivity index (χ2n) is 5.92. The summed E-state index contributed by atoms with van der Waals surface area (Å²) in [5.74, 6) is 1.48. The largest absolute Gasteiger partial charge is 0.493 e. The molecule has 0 aromatic heterocycles. The summed E-state index contributed by atoms with van der Waals surface area (Å²) in [5, 5.41) is 10.2. The molecule has 0 aliphatic carbocycles. The topological polar surface area (TPSA) is 51.2 Å². The van der Waals surface area contributed by atoms with Gasteiger partial charge in [0.05, 0.1) is 33.0 Å². The Labute approximate surface area is 140 Å². The highest BCUT2D eigenvalue weighted by Gasteiger charge is 2.16. The van der Waals surface area contributed by atoms with Crippen LogP contribution in [0.15, 0.2) is 18.2 Å². The molecule has 1 aromatic rings. The lowest BCUT2D eigenvalue weighted by Crippen LogP contribution is -2.35. The molecule has 1 rings (SSSR count). The highest BCUT2D eigenvalue weighted by Crippen LogP contribution is 2.31. The first kappa shape index (κ1) is 19.7. The number of hydrogen-bond acceptors (Lipinski definition) is 5. The van der Waals surface area contributed by atoms with Gasteiger partial charge in [0.15, 0.2) is 11.5 Å². The highest BCUT2D eigenvalue weighted by atomic mass is 16.5. The first-order chi connectivity index (χ1) is 11.0. The molecule has 0 fully saturated rings. The summed E-state index contributed by atoms with van der Waals surface area (Å²) in [6.07, 6.45) is 0.646. The van der Waals surface area contributed by atoms with E-state index in [1.807, 2.05) is 32.0 Å². The zero-order chi connectivity index (χ0) is 17.2. The Morgan fingerprint density at radius 2 is 1.91 bits per heavy atom. The Morgan fingerprint density at radius 1 is 1.17 bits per heavy atom. The minimum absolute atomic E-state index is 0.128. The summed E-state index contributed by atoms with van der Waals surface area (Å²) in [6, 6.07) is 5.87. The maximum atomic E-state index is 10.2. The van der Waals surface area contributed by atoms with Crippen molar-refractivity contribution < 1.29 is 19.3 Å². The third-order valence-corrected chi connectivity index (χ3v) is 3.51. The zero-order valence-corrected chi connectivity index (χ0v) is 15.0. The maximum absolute atomic E-state index is 10.2. The van der Waals surface area contributed by atoms with Crippen molar-refractivity contribution in [2.45, 2.75) is 45.9 Å². The molecule has 0 unspecified atom stereocenters. The number of nitrogens with zero attached hydrogens (tertiary/aromatic N) is 1. The molecule has 0 heterocycles. The Bertz CT molecular complexity index is 451. The molecule has 0 amide bonds. The fourth-order valence-electron chi connectivity index (χ4n) is 2.52. The van der Waals surface area contributed by atoms with Gasteiger partial charge in [0, 0.05) is 18.7 Å². The summed E-state index contributed by atoms with van der Waals surface area (Å²) in [6.45, 7) is 8.60. The molecular formula is C18H31NO4. The van der Waals surface area contributed by atoms with Crippen LogP contribution in [-0.4, -0.2) is 56.1 Å². The Kier molecular flexibility index (Phi) is 8.99. The van der Waals surface area contributed by atoms with Gasteiger partial charge in [-0.05, 0) is 32.9 Å². The summed E-state index contributed by atoms with van der Waals surface area (Å²) in [5.41, 5.74) is 1.05. The molecule has 0 saturated carbocycles. The van der Waals surface area contributed by atoms with Gasteiger partial charge in [-0.1, -0.05) is 19.1 Å². The molecule has 1 atom stereocenters. The van der Waals surface area contributed by atoms with E-state index in [4.69, 9.17) is 14.2 Å². The van der Waals surface area contributed by atoms with Gasteiger partial charge in [-0.25, -0.2) is 0 Å². The van der Waals surface area contributed by atoms with Crippen LogP contribution in [0.5, 0.6) is 11.5 Å². The van der Waals surface area contributed by atoms with Crippen LogP contribution in [0.2, 0.25) is 0 Å². The first-order valence-corrected chi connectivity index (χ1v) is 8.23. The Morgan fingerprint density at radius 3 is 2.48 bits per heavy atom. The number of methoxy groups -OCH3 is 2. The van der Waals surface area contributed by atoms with Crippen molar-refractivity contribution in [1.29, 1.82) is 0 Å². The van der Waals surface area contributed by atoms with Gasteiger partial charge in [-0.15, -0.1) is 0 Å². The van der Waals surface area contributed by atoms with E-state index in [9.17, 15) is 5.11 Å². The fraction of sp³-hybridized carbons (Fsp3) is 0.667. The first-order valence-electron chi connectivity index (χ1n) is 8.23. The van der Waals surface area contributed by atoms with Gasteiger partial charge in [-0.3, -0.25) is 4.90 Å². The van der Waals surface area contributed by atoms with Crippen molar-refractivity contribution in [3.63, 3.8) is 0 Å². The minimum atomic E-state index is -0.499. The molecule has 1 N–H and O–H groups in total. The van der Waals surface area contributed by atoms with Crippen LogP contribution in [0.3, 0.4) is 0 Å². The fourth-order valence-corrected chi connectivity index (χ4v) is 2.52. The van der Waals surface area contributed by atoms with Crippen LogP contribution < -0.4 is 9.47 Å². The van der Waals surface area contributed by atoms with Crippen LogP contribution in [0.25, 0.3) is 0 Å². The molecule has 0 bridgehead atoms. The molecule has 0 aliphatic rings. The number of benzene rings is 1. The van der Waals surface area contributed by atoms with Gasteiger partial charge >= 0.3 is 0 Å².